The van der Waals surface area contributed by atoms with E-state index in [1.807, 2.05) is 13.8 Å². The smallest absolute Gasteiger partial charge is 0.291 e. The Balaban J connectivity index is 1.90. The highest BCUT2D eigenvalue weighted by Crippen LogP contribution is 2.33. The molecule has 0 aliphatic carbocycles. The molecule has 0 atom stereocenters. The second kappa shape index (κ2) is 8.70. The fourth-order valence-corrected chi connectivity index (χ4v) is 3.59. The van der Waals surface area contributed by atoms with Crippen molar-refractivity contribution in [3.8, 4) is 5.69 Å². The molecule has 0 N–H and O–H groups in total. The molecule has 0 fully saturated rings. The molecular formula is C21H21FN6O3. The van der Waals surface area contributed by atoms with Crippen LogP contribution in [0.2, 0.25) is 0 Å². The fraction of sp³-hybridized carbons (Fsp3) is 0.286. The summed E-state index contributed by atoms with van der Waals surface area (Å²) in [5, 5.41) is 22.0. The zero-order chi connectivity index (χ0) is 22.0. The first-order valence-electron chi connectivity index (χ1n) is 9.93. The predicted molar refractivity (Wildman–Crippen MR) is 111 cm³/mol. The quantitative estimate of drug-likeness (QED) is 0.426. The molecule has 0 amide bonds. The topological polar surface area (TPSA) is 98.7 Å². The molecule has 160 valence electrons. The number of nitro benzene ring substituents is 1. The number of halogens is 1. The number of fused-ring (bicyclic) bond motifs is 3. The average Bonchev–Trinajstić information content (AvgIpc) is 3.10. The van der Waals surface area contributed by atoms with Crippen LogP contribution in [0.4, 0.5) is 10.1 Å². The normalized spacial score (nSPS) is 12.8. The van der Waals surface area contributed by atoms with Crippen LogP contribution in [-0.2, 0) is 18.0 Å². The molecule has 1 aliphatic heterocycles. The minimum Gasteiger partial charge on any atom is -0.291 e. The van der Waals surface area contributed by atoms with Crippen LogP contribution in [0.5, 0.6) is 0 Å². The van der Waals surface area contributed by atoms with Crippen molar-refractivity contribution in [2.45, 2.75) is 27.0 Å². The molecule has 0 unspecified atom stereocenters. The maximum atomic E-state index is 14.6. The van der Waals surface area contributed by atoms with E-state index in [-0.39, 0.29) is 30.1 Å². The molecule has 0 saturated heterocycles. The summed E-state index contributed by atoms with van der Waals surface area (Å²) >= 11 is 0. The van der Waals surface area contributed by atoms with Crippen molar-refractivity contribution in [3.63, 3.8) is 0 Å². The number of hydrogen-bond donors (Lipinski definition) is 0. The molecule has 31 heavy (non-hydrogen) atoms. The lowest BCUT2D eigenvalue weighted by Crippen LogP contribution is -2.24. The summed E-state index contributed by atoms with van der Waals surface area (Å²) in [5.41, 5.74) is 1.14. The van der Waals surface area contributed by atoms with Crippen molar-refractivity contribution in [3.05, 3.63) is 81.2 Å². The zero-order valence-electron chi connectivity index (χ0n) is 17.2. The number of aromatic nitrogens is 3. The number of nitro groups is 1. The van der Waals surface area contributed by atoms with Crippen LogP contribution in [0.15, 0.2) is 47.5 Å². The Morgan fingerprint density at radius 1 is 1.13 bits per heavy atom. The van der Waals surface area contributed by atoms with E-state index in [0.717, 1.165) is 0 Å². The van der Waals surface area contributed by atoms with E-state index in [0.29, 0.717) is 36.0 Å². The molecule has 1 aliphatic rings. The lowest BCUT2D eigenvalue weighted by atomic mass is 9.99. The minimum atomic E-state index is -0.470. The van der Waals surface area contributed by atoms with Crippen LogP contribution in [0.3, 0.4) is 0 Å². The lowest BCUT2D eigenvalue weighted by Gasteiger charge is -2.18. The van der Waals surface area contributed by atoms with Crippen LogP contribution in [0, 0.1) is 15.9 Å². The van der Waals surface area contributed by atoms with Crippen molar-refractivity contribution in [1.82, 2.24) is 19.8 Å². The standard InChI is InChI=1S/C21H21FN6O3/c1-3-26(4-2)31-13-19-25-24-18-12-23-20(14-8-5-6-10-16(14)22)15-9-7-11-17(28(29)30)21(15)27(18)19/h5-11H,3-4,12-13H2,1-2H3. The average molecular weight is 424 g/mol. The summed E-state index contributed by atoms with van der Waals surface area (Å²) in [6.07, 6.45) is 0. The Morgan fingerprint density at radius 2 is 1.87 bits per heavy atom. The van der Waals surface area contributed by atoms with Gasteiger partial charge >= 0.3 is 0 Å². The van der Waals surface area contributed by atoms with E-state index < -0.39 is 10.7 Å². The molecule has 2 heterocycles. The Bertz CT molecular complexity index is 1160. The summed E-state index contributed by atoms with van der Waals surface area (Å²) in [6.45, 7) is 5.44. The highest BCUT2D eigenvalue weighted by Gasteiger charge is 2.30. The molecule has 0 bridgehead atoms. The number of aliphatic imine (C=N–C) groups is 1. The predicted octanol–water partition coefficient (Wildman–Crippen LogP) is 3.44. The number of para-hydroxylation sites is 1. The van der Waals surface area contributed by atoms with Gasteiger partial charge in [0, 0.05) is 30.3 Å². The largest absolute Gasteiger partial charge is 0.294 e. The molecule has 1 aromatic heterocycles. The van der Waals surface area contributed by atoms with E-state index >= 15 is 0 Å². The van der Waals surface area contributed by atoms with E-state index in [1.54, 1.807) is 40.0 Å². The number of hydrogen-bond acceptors (Lipinski definition) is 7. The Kier molecular flexibility index (Phi) is 5.83. The third-order valence-electron chi connectivity index (χ3n) is 5.08. The van der Waals surface area contributed by atoms with Crippen molar-refractivity contribution in [1.29, 1.82) is 0 Å². The van der Waals surface area contributed by atoms with E-state index in [1.165, 1.54) is 12.1 Å². The monoisotopic (exact) mass is 424 g/mol. The zero-order valence-corrected chi connectivity index (χ0v) is 17.2. The Morgan fingerprint density at radius 3 is 2.58 bits per heavy atom. The van der Waals surface area contributed by atoms with Crippen LogP contribution in [-0.4, -0.2) is 43.6 Å². The molecule has 4 rings (SSSR count). The third-order valence-corrected chi connectivity index (χ3v) is 5.08. The SMILES string of the molecule is CCN(CC)OCc1nnc2n1-c1c(cccc1[N+](=O)[O-])C(c1ccccc1F)=NC2. The molecule has 0 spiro atoms. The van der Waals surface area contributed by atoms with E-state index in [4.69, 9.17) is 4.84 Å². The highest BCUT2D eigenvalue weighted by molar-refractivity contribution is 6.16. The molecule has 2 aromatic carbocycles. The van der Waals surface area contributed by atoms with Gasteiger partial charge in [-0.25, -0.2) is 4.39 Å². The number of benzene rings is 2. The summed E-state index contributed by atoms with van der Waals surface area (Å²) < 4.78 is 16.2. The van der Waals surface area contributed by atoms with Gasteiger partial charge in [0.2, 0.25) is 0 Å². The van der Waals surface area contributed by atoms with Crippen molar-refractivity contribution >= 4 is 11.4 Å². The summed E-state index contributed by atoms with van der Waals surface area (Å²) in [7, 11) is 0. The van der Waals surface area contributed by atoms with Gasteiger partial charge in [0.15, 0.2) is 11.6 Å². The van der Waals surface area contributed by atoms with Crippen molar-refractivity contribution < 1.29 is 14.2 Å². The van der Waals surface area contributed by atoms with E-state index in [9.17, 15) is 14.5 Å². The maximum absolute atomic E-state index is 14.6. The first-order valence-corrected chi connectivity index (χ1v) is 9.93. The van der Waals surface area contributed by atoms with Crippen molar-refractivity contribution in [2.75, 3.05) is 13.1 Å². The highest BCUT2D eigenvalue weighted by atomic mass is 19.1. The summed E-state index contributed by atoms with van der Waals surface area (Å²) in [4.78, 5) is 21.8. The first kappa shape index (κ1) is 20.8. The van der Waals surface area contributed by atoms with E-state index in [2.05, 4.69) is 15.2 Å². The number of hydroxylamine groups is 2. The Hall–Kier alpha value is -3.50. The van der Waals surface area contributed by atoms with Gasteiger partial charge in [-0.15, -0.1) is 10.2 Å². The van der Waals surface area contributed by atoms with Crippen molar-refractivity contribution in [2.24, 2.45) is 4.99 Å². The van der Waals surface area contributed by atoms with Gasteiger partial charge in [-0.3, -0.25) is 24.5 Å². The van der Waals surface area contributed by atoms with Crippen LogP contribution < -0.4 is 0 Å². The van der Waals surface area contributed by atoms with Gasteiger partial charge in [0.25, 0.3) is 5.69 Å². The second-order valence-electron chi connectivity index (χ2n) is 6.83. The van der Waals surface area contributed by atoms with Gasteiger partial charge in [-0.1, -0.05) is 38.1 Å². The molecule has 3 aromatic rings. The molecule has 9 nitrogen and oxygen atoms in total. The molecule has 0 saturated carbocycles. The third kappa shape index (κ3) is 3.82. The van der Waals surface area contributed by atoms with Crippen LogP contribution in [0.25, 0.3) is 5.69 Å². The van der Waals surface area contributed by atoms with Gasteiger partial charge < -0.3 is 0 Å². The second-order valence-corrected chi connectivity index (χ2v) is 6.83. The van der Waals surface area contributed by atoms with Crippen LogP contribution >= 0.6 is 0 Å². The van der Waals surface area contributed by atoms with Gasteiger partial charge in [0.05, 0.1) is 10.6 Å². The van der Waals surface area contributed by atoms with Gasteiger partial charge in [0.1, 0.15) is 24.7 Å². The number of rotatable bonds is 7. The number of nitrogens with zero attached hydrogens (tertiary/aromatic N) is 6. The molecule has 10 heteroatoms. The fourth-order valence-electron chi connectivity index (χ4n) is 3.59. The Labute approximate surface area is 177 Å². The lowest BCUT2D eigenvalue weighted by molar-refractivity contribution is -0.384. The van der Waals surface area contributed by atoms with Gasteiger partial charge in [-0.2, -0.15) is 5.06 Å². The summed E-state index contributed by atoms with van der Waals surface area (Å²) in [5.74, 6) is 0.365. The van der Waals surface area contributed by atoms with Crippen LogP contribution in [0.1, 0.15) is 36.6 Å². The molecule has 0 radical (unpaired) electrons. The first-order chi connectivity index (χ1) is 15.0. The molecular weight excluding hydrogens is 403 g/mol. The van der Waals surface area contributed by atoms with Gasteiger partial charge in [-0.05, 0) is 12.1 Å². The maximum Gasteiger partial charge on any atom is 0.294 e. The minimum absolute atomic E-state index is 0.0786. The summed E-state index contributed by atoms with van der Waals surface area (Å²) in [6, 6.07) is 10.9.